The second-order valence-electron chi connectivity index (χ2n) is 3.89. The predicted octanol–water partition coefficient (Wildman–Crippen LogP) is 2.47. The van der Waals surface area contributed by atoms with E-state index in [2.05, 4.69) is 22.2 Å². The SMILES string of the molecule is CCc1cc(NC(C)(C)CCl)ncn1. The number of halogens is 1. The van der Waals surface area contributed by atoms with Crippen molar-refractivity contribution in [2.24, 2.45) is 0 Å². The number of rotatable bonds is 4. The number of alkyl halides is 1. The minimum atomic E-state index is -0.138. The maximum absolute atomic E-state index is 5.81. The molecule has 0 atom stereocenters. The van der Waals surface area contributed by atoms with Crippen LogP contribution in [-0.4, -0.2) is 21.4 Å². The van der Waals surface area contributed by atoms with Crippen molar-refractivity contribution < 1.29 is 0 Å². The van der Waals surface area contributed by atoms with Crippen LogP contribution in [0.3, 0.4) is 0 Å². The average Bonchev–Trinajstić information content (AvgIpc) is 2.17. The zero-order chi connectivity index (χ0) is 10.6. The van der Waals surface area contributed by atoms with Gasteiger partial charge in [-0.1, -0.05) is 6.92 Å². The van der Waals surface area contributed by atoms with Gasteiger partial charge < -0.3 is 5.32 Å². The second kappa shape index (κ2) is 4.60. The minimum Gasteiger partial charge on any atom is -0.364 e. The maximum Gasteiger partial charge on any atom is 0.130 e. The van der Waals surface area contributed by atoms with E-state index in [4.69, 9.17) is 11.6 Å². The molecule has 0 bridgehead atoms. The summed E-state index contributed by atoms with van der Waals surface area (Å²) in [5.41, 5.74) is 0.897. The van der Waals surface area contributed by atoms with Gasteiger partial charge in [0.05, 0.1) is 0 Å². The van der Waals surface area contributed by atoms with E-state index in [0.717, 1.165) is 17.9 Å². The number of anilines is 1. The molecule has 0 saturated heterocycles. The Morgan fingerprint density at radius 3 is 2.71 bits per heavy atom. The highest BCUT2D eigenvalue weighted by molar-refractivity contribution is 6.18. The summed E-state index contributed by atoms with van der Waals surface area (Å²) in [6, 6.07) is 1.95. The van der Waals surface area contributed by atoms with Crippen molar-refractivity contribution in [3.8, 4) is 0 Å². The summed E-state index contributed by atoms with van der Waals surface area (Å²) in [6.45, 7) is 6.14. The zero-order valence-electron chi connectivity index (χ0n) is 8.84. The molecule has 0 unspecified atom stereocenters. The first-order valence-corrected chi connectivity index (χ1v) is 5.26. The molecule has 0 aromatic carbocycles. The molecule has 0 fully saturated rings. The first-order valence-electron chi connectivity index (χ1n) is 4.72. The van der Waals surface area contributed by atoms with Gasteiger partial charge in [-0.15, -0.1) is 11.6 Å². The van der Waals surface area contributed by atoms with Gasteiger partial charge in [-0.05, 0) is 20.3 Å². The maximum atomic E-state index is 5.81. The highest BCUT2D eigenvalue weighted by Gasteiger charge is 2.16. The molecule has 14 heavy (non-hydrogen) atoms. The van der Waals surface area contributed by atoms with E-state index in [1.54, 1.807) is 6.33 Å². The molecular formula is C10H16ClN3. The van der Waals surface area contributed by atoms with E-state index < -0.39 is 0 Å². The molecule has 0 saturated carbocycles. The second-order valence-corrected chi connectivity index (χ2v) is 4.16. The Labute approximate surface area is 89.9 Å². The molecule has 1 N–H and O–H groups in total. The molecular weight excluding hydrogens is 198 g/mol. The molecule has 1 rings (SSSR count). The van der Waals surface area contributed by atoms with Crippen LogP contribution in [0, 0.1) is 0 Å². The van der Waals surface area contributed by atoms with E-state index in [9.17, 15) is 0 Å². The Hall–Kier alpha value is -0.830. The van der Waals surface area contributed by atoms with Crippen LogP contribution in [0.2, 0.25) is 0 Å². The van der Waals surface area contributed by atoms with Crippen molar-refractivity contribution >= 4 is 17.4 Å². The van der Waals surface area contributed by atoms with Crippen molar-refractivity contribution in [2.75, 3.05) is 11.2 Å². The average molecular weight is 214 g/mol. The first-order chi connectivity index (χ1) is 6.57. The quantitative estimate of drug-likeness (QED) is 0.781. The molecule has 3 nitrogen and oxygen atoms in total. The highest BCUT2D eigenvalue weighted by atomic mass is 35.5. The van der Waals surface area contributed by atoms with Gasteiger partial charge in [0.15, 0.2) is 0 Å². The van der Waals surface area contributed by atoms with Gasteiger partial charge in [-0.2, -0.15) is 0 Å². The summed E-state index contributed by atoms with van der Waals surface area (Å²) >= 11 is 5.81. The first kappa shape index (κ1) is 11.2. The van der Waals surface area contributed by atoms with Crippen LogP contribution in [0.1, 0.15) is 26.5 Å². The fraction of sp³-hybridized carbons (Fsp3) is 0.600. The van der Waals surface area contributed by atoms with Gasteiger partial charge in [0.2, 0.25) is 0 Å². The Bertz CT molecular complexity index is 299. The Kier molecular flexibility index (Phi) is 3.69. The lowest BCUT2D eigenvalue weighted by Crippen LogP contribution is -2.33. The smallest absolute Gasteiger partial charge is 0.130 e. The van der Waals surface area contributed by atoms with E-state index >= 15 is 0 Å². The Balaban J connectivity index is 2.76. The zero-order valence-corrected chi connectivity index (χ0v) is 9.60. The van der Waals surface area contributed by atoms with Crippen LogP contribution < -0.4 is 5.32 Å². The number of aromatic nitrogens is 2. The summed E-state index contributed by atoms with van der Waals surface area (Å²) in [4.78, 5) is 8.27. The molecule has 1 heterocycles. The summed E-state index contributed by atoms with van der Waals surface area (Å²) in [5, 5.41) is 3.26. The van der Waals surface area contributed by atoms with E-state index in [0.29, 0.717) is 5.88 Å². The molecule has 0 radical (unpaired) electrons. The van der Waals surface area contributed by atoms with Crippen LogP contribution in [-0.2, 0) is 6.42 Å². The van der Waals surface area contributed by atoms with Crippen LogP contribution in [0.15, 0.2) is 12.4 Å². The lowest BCUT2D eigenvalue weighted by Gasteiger charge is -2.23. The summed E-state index contributed by atoms with van der Waals surface area (Å²) < 4.78 is 0. The molecule has 78 valence electrons. The number of aryl methyl sites for hydroxylation is 1. The monoisotopic (exact) mass is 213 g/mol. The number of hydrogen-bond donors (Lipinski definition) is 1. The summed E-state index contributed by atoms with van der Waals surface area (Å²) in [7, 11) is 0. The fourth-order valence-corrected chi connectivity index (χ4v) is 1.11. The van der Waals surface area contributed by atoms with Crippen molar-refractivity contribution in [2.45, 2.75) is 32.7 Å². The third-order valence-electron chi connectivity index (χ3n) is 1.89. The lowest BCUT2D eigenvalue weighted by atomic mass is 10.1. The van der Waals surface area contributed by atoms with Crippen LogP contribution >= 0.6 is 11.6 Å². The van der Waals surface area contributed by atoms with Gasteiger partial charge in [0, 0.05) is 23.2 Å². The van der Waals surface area contributed by atoms with E-state index in [-0.39, 0.29) is 5.54 Å². The molecule has 0 aliphatic rings. The number of hydrogen-bond acceptors (Lipinski definition) is 3. The fourth-order valence-electron chi connectivity index (χ4n) is 1.04. The number of nitrogens with one attached hydrogen (secondary N) is 1. The standard InChI is InChI=1S/C10H16ClN3/c1-4-8-5-9(13-7-12-8)14-10(2,3)6-11/h5,7H,4,6H2,1-3H3,(H,12,13,14). The highest BCUT2D eigenvalue weighted by Crippen LogP contribution is 2.14. The third kappa shape index (κ3) is 3.14. The van der Waals surface area contributed by atoms with Crippen molar-refractivity contribution in [1.82, 2.24) is 9.97 Å². The molecule has 0 aliphatic carbocycles. The van der Waals surface area contributed by atoms with Gasteiger partial charge >= 0.3 is 0 Å². The van der Waals surface area contributed by atoms with Gasteiger partial charge in [0.1, 0.15) is 12.1 Å². The van der Waals surface area contributed by atoms with Gasteiger partial charge in [0.25, 0.3) is 0 Å². The van der Waals surface area contributed by atoms with E-state index in [1.165, 1.54) is 0 Å². The van der Waals surface area contributed by atoms with Crippen LogP contribution in [0.5, 0.6) is 0 Å². The summed E-state index contributed by atoms with van der Waals surface area (Å²) in [6.07, 6.45) is 2.49. The largest absolute Gasteiger partial charge is 0.364 e. The minimum absolute atomic E-state index is 0.138. The number of nitrogens with zero attached hydrogens (tertiary/aromatic N) is 2. The Morgan fingerprint density at radius 1 is 1.43 bits per heavy atom. The van der Waals surface area contributed by atoms with Gasteiger partial charge in [-0.3, -0.25) is 0 Å². The lowest BCUT2D eigenvalue weighted by molar-refractivity contribution is 0.637. The van der Waals surface area contributed by atoms with Gasteiger partial charge in [-0.25, -0.2) is 9.97 Å². The van der Waals surface area contributed by atoms with Crippen LogP contribution in [0.4, 0.5) is 5.82 Å². The van der Waals surface area contributed by atoms with Crippen molar-refractivity contribution in [3.63, 3.8) is 0 Å². The topological polar surface area (TPSA) is 37.8 Å². The summed E-state index contributed by atoms with van der Waals surface area (Å²) in [5.74, 6) is 1.38. The van der Waals surface area contributed by atoms with Crippen molar-refractivity contribution in [1.29, 1.82) is 0 Å². The normalized spacial score (nSPS) is 11.4. The molecule has 4 heteroatoms. The molecule has 1 aromatic heterocycles. The molecule has 0 aliphatic heterocycles. The third-order valence-corrected chi connectivity index (χ3v) is 2.55. The molecule has 0 amide bonds. The van der Waals surface area contributed by atoms with Crippen molar-refractivity contribution in [3.05, 3.63) is 18.1 Å². The van der Waals surface area contributed by atoms with E-state index in [1.807, 2.05) is 19.9 Å². The van der Waals surface area contributed by atoms with Crippen LogP contribution in [0.25, 0.3) is 0 Å². The predicted molar refractivity (Wildman–Crippen MR) is 59.8 cm³/mol. The Morgan fingerprint density at radius 2 is 2.14 bits per heavy atom. The molecule has 0 spiro atoms. The molecule has 1 aromatic rings.